The number of pyridine rings is 1. The Morgan fingerprint density at radius 3 is 2.37 bits per heavy atom. The summed E-state index contributed by atoms with van der Waals surface area (Å²) in [4.78, 5) is 27.7. The van der Waals surface area contributed by atoms with Crippen LogP contribution in [0.2, 0.25) is 0 Å². The van der Waals surface area contributed by atoms with Gasteiger partial charge in [0.1, 0.15) is 5.69 Å². The topological polar surface area (TPSA) is 65.5 Å². The first-order chi connectivity index (χ1) is 12.6. The lowest BCUT2D eigenvalue weighted by molar-refractivity contribution is -0.286. The van der Waals surface area contributed by atoms with Crippen LogP contribution in [0, 0.1) is 0 Å². The van der Waals surface area contributed by atoms with Gasteiger partial charge in [-0.1, -0.05) is 0 Å². The predicted molar refractivity (Wildman–Crippen MR) is 79.8 cm³/mol. The molecule has 0 spiro atoms. The van der Waals surface area contributed by atoms with Crippen LogP contribution in [-0.2, 0) is 6.18 Å². The molecule has 142 valence electrons. The first kappa shape index (κ1) is 18.7. The van der Waals surface area contributed by atoms with Crippen molar-refractivity contribution in [2.24, 2.45) is 0 Å². The fourth-order valence-electron chi connectivity index (χ4n) is 2.47. The van der Waals surface area contributed by atoms with Crippen LogP contribution in [0.15, 0.2) is 36.5 Å². The van der Waals surface area contributed by atoms with Crippen LogP contribution in [0.3, 0.4) is 0 Å². The molecule has 0 unspecified atom stereocenters. The Bertz CT molecular complexity index is 910. The van der Waals surface area contributed by atoms with Crippen LogP contribution in [0.5, 0.6) is 11.5 Å². The van der Waals surface area contributed by atoms with Crippen molar-refractivity contribution in [3.05, 3.63) is 53.3 Å². The van der Waals surface area contributed by atoms with Crippen molar-refractivity contribution in [2.75, 3.05) is 0 Å². The number of halogens is 5. The molecule has 2 heterocycles. The second kappa shape index (κ2) is 6.60. The molecule has 0 radical (unpaired) electrons. The molecule has 0 bridgehead atoms. The molecule has 2 aromatic rings. The Morgan fingerprint density at radius 1 is 1.00 bits per heavy atom. The van der Waals surface area contributed by atoms with Crippen LogP contribution in [-0.4, -0.2) is 22.8 Å². The van der Waals surface area contributed by atoms with Gasteiger partial charge in [-0.15, -0.1) is 8.78 Å². The van der Waals surface area contributed by atoms with Gasteiger partial charge in [0.05, 0.1) is 5.56 Å². The van der Waals surface area contributed by atoms with E-state index < -0.39 is 48.1 Å². The van der Waals surface area contributed by atoms with Gasteiger partial charge < -0.3 is 9.47 Å². The second-order valence-corrected chi connectivity index (χ2v) is 5.57. The highest BCUT2D eigenvalue weighted by Crippen LogP contribution is 2.41. The van der Waals surface area contributed by atoms with Gasteiger partial charge in [-0.05, 0) is 30.3 Å². The number of benzene rings is 1. The summed E-state index contributed by atoms with van der Waals surface area (Å²) in [6.07, 6.45) is -8.51. The smallest absolute Gasteiger partial charge is 0.395 e. The summed E-state index contributed by atoms with van der Waals surface area (Å²) in [5.74, 6) is -2.19. The first-order valence-corrected chi connectivity index (χ1v) is 7.55. The molecule has 0 fully saturated rings. The number of hydrogen-bond acceptors (Lipinski definition) is 5. The molecule has 0 saturated heterocycles. The number of Topliss-reactive ketones (excluding diaryl/α,β-unsaturated/α-hetero) is 2. The molecule has 0 amide bonds. The van der Waals surface area contributed by atoms with Crippen molar-refractivity contribution >= 4 is 11.6 Å². The fourth-order valence-corrected chi connectivity index (χ4v) is 2.47. The van der Waals surface area contributed by atoms with E-state index in [0.717, 1.165) is 30.5 Å². The number of hydrogen-bond donors (Lipinski definition) is 0. The van der Waals surface area contributed by atoms with E-state index in [9.17, 15) is 31.5 Å². The zero-order valence-corrected chi connectivity index (χ0v) is 13.3. The number of rotatable bonds is 5. The van der Waals surface area contributed by atoms with Crippen LogP contribution in [0.1, 0.15) is 39.3 Å². The van der Waals surface area contributed by atoms with E-state index >= 15 is 0 Å². The average Bonchev–Trinajstić information content (AvgIpc) is 2.91. The van der Waals surface area contributed by atoms with Gasteiger partial charge in [-0.2, -0.15) is 13.2 Å². The number of aromatic nitrogens is 1. The van der Waals surface area contributed by atoms with Crippen molar-refractivity contribution in [3.8, 4) is 11.5 Å². The molecule has 5 nitrogen and oxygen atoms in total. The molecule has 27 heavy (non-hydrogen) atoms. The van der Waals surface area contributed by atoms with Gasteiger partial charge in [0.2, 0.25) is 0 Å². The minimum atomic E-state index is -4.76. The maximum Gasteiger partial charge on any atom is 0.586 e. The minimum Gasteiger partial charge on any atom is -0.395 e. The van der Waals surface area contributed by atoms with Gasteiger partial charge >= 0.3 is 12.5 Å². The van der Waals surface area contributed by atoms with Gasteiger partial charge in [0.15, 0.2) is 23.1 Å². The van der Waals surface area contributed by atoms with Crippen LogP contribution in [0.25, 0.3) is 0 Å². The van der Waals surface area contributed by atoms with Gasteiger partial charge in [-0.3, -0.25) is 14.6 Å². The van der Waals surface area contributed by atoms with E-state index in [0.29, 0.717) is 0 Å². The van der Waals surface area contributed by atoms with E-state index in [1.807, 2.05) is 0 Å². The summed E-state index contributed by atoms with van der Waals surface area (Å²) in [6, 6.07) is 5.09. The summed E-state index contributed by atoms with van der Waals surface area (Å²) >= 11 is 0. The largest absolute Gasteiger partial charge is 0.586 e. The summed E-state index contributed by atoms with van der Waals surface area (Å²) in [5.41, 5.74) is -2.00. The second-order valence-electron chi connectivity index (χ2n) is 5.57. The number of fused-ring (bicyclic) bond motifs is 1. The monoisotopic (exact) mass is 387 g/mol. The zero-order valence-electron chi connectivity index (χ0n) is 13.3. The number of ether oxygens (including phenoxy) is 2. The number of carbonyl (C=O) groups is 2. The Balaban J connectivity index is 1.70. The van der Waals surface area contributed by atoms with E-state index in [1.165, 1.54) is 6.07 Å². The van der Waals surface area contributed by atoms with E-state index in [2.05, 4.69) is 14.5 Å². The maximum atomic E-state index is 13.0. The third-order valence-corrected chi connectivity index (χ3v) is 3.68. The Hall–Kier alpha value is -3.04. The van der Waals surface area contributed by atoms with Gasteiger partial charge in [-0.25, -0.2) is 0 Å². The number of nitrogens with zero attached hydrogens (tertiary/aromatic N) is 1. The van der Waals surface area contributed by atoms with Crippen molar-refractivity contribution in [2.45, 2.75) is 25.3 Å². The van der Waals surface area contributed by atoms with Crippen LogP contribution >= 0.6 is 0 Å². The average molecular weight is 387 g/mol. The van der Waals surface area contributed by atoms with E-state index in [4.69, 9.17) is 0 Å². The van der Waals surface area contributed by atoms with Gasteiger partial charge in [0, 0.05) is 24.6 Å². The van der Waals surface area contributed by atoms with E-state index in [1.54, 1.807) is 0 Å². The highest BCUT2D eigenvalue weighted by Gasteiger charge is 2.43. The molecule has 10 heteroatoms. The Labute approximate surface area is 148 Å². The molecule has 0 atom stereocenters. The number of alkyl halides is 5. The normalized spacial score (nSPS) is 14.9. The lowest BCUT2D eigenvalue weighted by Crippen LogP contribution is -2.25. The highest BCUT2D eigenvalue weighted by molar-refractivity contribution is 6.02. The zero-order chi connectivity index (χ0) is 19.8. The molecular formula is C17H10F5NO4. The quantitative estimate of drug-likeness (QED) is 0.566. The SMILES string of the molecule is O=C(CCC(=O)c1ncccc1C(F)(F)F)c1ccc2c(c1)OC(F)(F)O2. The molecule has 1 aliphatic heterocycles. The molecule has 0 aliphatic carbocycles. The van der Waals surface area contributed by atoms with Gasteiger partial charge in [0.25, 0.3) is 0 Å². The maximum absolute atomic E-state index is 13.0. The Kier molecular flexibility index (Phi) is 4.58. The first-order valence-electron chi connectivity index (χ1n) is 7.55. The predicted octanol–water partition coefficient (Wildman–Crippen LogP) is 4.27. The summed E-state index contributed by atoms with van der Waals surface area (Å²) < 4.78 is 73.1. The fraction of sp³-hybridized carbons (Fsp3) is 0.235. The summed E-state index contributed by atoms with van der Waals surface area (Å²) in [7, 11) is 0. The third kappa shape index (κ3) is 4.04. The molecule has 1 aromatic heterocycles. The number of ketones is 2. The molecular weight excluding hydrogens is 377 g/mol. The molecule has 0 N–H and O–H groups in total. The summed E-state index contributed by atoms with van der Waals surface area (Å²) in [6.45, 7) is 0. The molecule has 3 rings (SSSR count). The van der Waals surface area contributed by atoms with Crippen LogP contribution in [0.4, 0.5) is 22.0 Å². The lowest BCUT2D eigenvalue weighted by Gasteiger charge is -2.10. The van der Waals surface area contributed by atoms with Crippen LogP contribution < -0.4 is 9.47 Å². The van der Waals surface area contributed by atoms with Crippen molar-refractivity contribution in [1.82, 2.24) is 4.98 Å². The summed E-state index contributed by atoms with van der Waals surface area (Å²) in [5, 5.41) is 0. The van der Waals surface area contributed by atoms with Crippen molar-refractivity contribution < 1.29 is 41.0 Å². The molecule has 1 aliphatic rings. The Morgan fingerprint density at radius 2 is 1.67 bits per heavy atom. The third-order valence-electron chi connectivity index (χ3n) is 3.68. The molecule has 1 aromatic carbocycles. The molecule has 0 saturated carbocycles. The minimum absolute atomic E-state index is 0.0417. The van der Waals surface area contributed by atoms with E-state index in [-0.39, 0.29) is 17.1 Å². The number of carbonyl (C=O) groups excluding carboxylic acids is 2. The van der Waals surface area contributed by atoms with Crippen molar-refractivity contribution in [3.63, 3.8) is 0 Å². The highest BCUT2D eigenvalue weighted by atomic mass is 19.4. The standard InChI is InChI=1S/C17H10F5NO4/c18-16(19,20)10-2-1-7-23-15(10)12(25)5-4-11(24)9-3-6-13-14(8-9)27-17(21,22)26-13/h1-3,6-8H,4-5H2. The van der Waals surface area contributed by atoms with Crippen molar-refractivity contribution in [1.29, 1.82) is 0 Å². The lowest BCUT2D eigenvalue weighted by atomic mass is 10.0.